The molecule has 2 atom stereocenters. The Hall–Kier alpha value is -0.990. The van der Waals surface area contributed by atoms with E-state index in [9.17, 15) is 19.0 Å². The highest BCUT2D eigenvalue weighted by Gasteiger charge is 2.21. The molecule has 0 N–H and O–H groups in total. The van der Waals surface area contributed by atoms with Crippen LogP contribution in [0.25, 0.3) is 0 Å². The van der Waals surface area contributed by atoms with Gasteiger partial charge in [-0.25, -0.2) is 0 Å². The summed E-state index contributed by atoms with van der Waals surface area (Å²) in [5, 5.41) is 0. The monoisotopic (exact) mass is 869 g/mol. The second-order valence-electron chi connectivity index (χ2n) is 7.74. The number of ether oxygens (including phenoxy) is 2. The van der Waals surface area contributed by atoms with Crippen molar-refractivity contribution in [1.29, 1.82) is 0 Å². The Morgan fingerprint density at radius 3 is 1.31 bits per heavy atom. The van der Waals surface area contributed by atoms with Gasteiger partial charge in [0.25, 0.3) is 7.82 Å². The third kappa shape index (κ3) is 40.7. The van der Waals surface area contributed by atoms with Crippen LogP contribution in [0.3, 0.4) is 0 Å². The number of carbonyl (C=O) groups is 2. The Bertz CT molecular complexity index is 4140. The topological polar surface area (TPSA) is 111 Å². The molecule has 0 aromatic heterocycles. The number of quaternary nitrogens is 1. The lowest BCUT2D eigenvalue weighted by atomic mass is 10.0. The van der Waals surface area contributed by atoms with Crippen molar-refractivity contribution in [2.24, 2.45) is 0 Å². The molecule has 0 aromatic rings. The summed E-state index contributed by atoms with van der Waals surface area (Å²) in [5.41, 5.74) is 0. The molecule has 322 valence electrons. The number of carbonyl (C=O) groups excluding carboxylic acids is 2. The fourth-order valence-electron chi connectivity index (χ4n) is 1.98. The lowest BCUT2D eigenvalue weighted by Crippen LogP contribution is -2.37. The van der Waals surface area contributed by atoms with Gasteiger partial charge < -0.3 is 27.9 Å². The van der Waals surface area contributed by atoms with Gasteiger partial charge in [0.1, 0.15) is 19.8 Å². The summed E-state index contributed by atoms with van der Waals surface area (Å²) >= 11 is 0. The summed E-state index contributed by atoms with van der Waals surface area (Å²) in [4.78, 5) is 41.5. The maximum atomic E-state index is 14.2. The zero-order valence-corrected chi connectivity index (χ0v) is 28.0. The minimum atomic E-state index is -6.72. The highest BCUT2D eigenvalue weighted by Crippen LogP contribution is 2.38. The van der Waals surface area contributed by atoms with Gasteiger partial charge in [0.2, 0.25) is 0 Å². The van der Waals surface area contributed by atoms with Gasteiger partial charge in [0.15, 0.2) is 6.10 Å². The molecule has 0 aliphatic rings. The van der Waals surface area contributed by atoms with Crippen LogP contribution in [0, 0.1) is 0 Å². The van der Waals surface area contributed by atoms with Crippen LogP contribution >= 0.6 is 7.82 Å². The van der Waals surface area contributed by atoms with Crippen LogP contribution in [0.5, 0.6) is 0 Å². The third-order valence-corrected chi connectivity index (χ3v) is 4.81. The predicted octanol–water partition coefficient (Wildman–Crippen LogP) is 12.2. The fraction of sp³-hybridized carbons (Fsp3) is 0.955. The number of hydrogen-bond donors (Lipinski definition) is 0. The average Bonchev–Trinajstić information content (AvgIpc) is 0.675. The van der Waals surface area contributed by atoms with Crippen LogP contribution in [0.15, 0.2) is 0 Å². The Morgan fingerprint density at radius 1 is 0.556 bits per heavy atom. The summed E-state index contributed by atoms with van der Waals surface area (Å²) < 4.78 is 677. The number of likely N-dealkylation sites (N-methyl/N-ethyl adjacent to an activating group) is 1. The number of rotatable bonds is 42. The van der Waals surface area contributed by atoms with Crippen molar-refractivity contribution in [1.82, 2.24) is 0 Å². The van der Waals surface area contributed by atoms with Crippen LogP contribution in [0.1, 0.15) is 326 Å². The molecular formula is C44H88NO8P. The first-order chi connectivity index (χ1) is 56.1. The number of phosphoric acid groups is 1. The lowest BCUT2D eigenvalue weighted by molar-refractivity contribution is -0.870. The van der Waals surface area contributed by atoms with Crippen LogP contribution in [0.2, 0.25) is 0 Å². The van der Waals surface area contributed by atoms with Crippen molar-refractivity contribution >= 4 is 19.8 Å². The van der Waals surface area contributed by atoms with Crippen LogP contribution in [-0.4, -0.2) is 69.8 Å². The molecule has 9 nitrogen and oxygen atoms in total. The fourth-order valence-corrected chi connectivity index (χ4v) is 2.71. The molecule has 1 unspecified atom stereocenters. The molecule has 0 aliphatic heterocycles. The van der Waals surface area contributed by atoms with Crippen LogP contribution < -0.4 is 4.89 Å². The zero-order chi connectivity index (χ0) is 110. The first-order valence-corrected chi connectivity index (χ1v) is 14.9. The smallest absolute Gasteiger partial charge is 0.306 e. The summed E-state index contributed by atoms with van der Waals surface area (Å²) in [5.74, 6) is -6.66. The Labute approximate surface area is 445 Å². The van der Waals surface area contributed by atoms with Gasteiger partial charge in [-0.05, 0) is 12.7 Å². The Kier molecular flexibility index (Phi) is 5.81. The van der Waals surface area contributed by atoms with Gasteiger partial charge in [0, 0.05) is 109 Å². The van der Waals surface area contributed by atoms with Crippen LogP contribution in [-0.2, 0) is 32.7 Å². The molecule has 0 spiro atoms. The lowest BCUT2D eigenvalue weighted by Gasteiger charge is -2.28. The highest BCUT2D eigenvalue weighted by atomic mass is 31.2. The molecule has 0 radical (unpaired) electrons. The van der Waals surface area contributed by atoms with Gasteiger partial charge in [-0.3, -0.25) is 14.2 Å². The molecule has 0 amide bonds. The molecule has 0 saturated heterocycles. The standard InChI is InChI=1S/C44H88NO8P/c1-6-8-10-12-14-16-18-20-22-24-26-28-30-32-34-36-43(46)50-40-42(41-52-54(48,49)51-39-38-45(3,4)5)53-44(47)37-35-33-31-29-27-25-23-21-19-17-15-13-11-9-7-2/h42H,6-41H2,1-5H3/t42-/m1/s1/i1D3,2D3,3D3,4D3,5D3,6D2,7D2,8D2,9D2,10D2,11D2,12D2,13D2,14D2,15D2,16D2,17D2,18D2,19D2,20D2,21D2,22D2,23D2,24D2,25D2,26D2,27D2,28D2,29D2,30D2,31D2,32D2,33D2,34D2,35D2,36D2,37D2. The van der Waals surface area contributed by atoms with Crippen LogP contribution in [0.4, 0.5) is 0 Å². The maximum absolute atomic E-state index is 14.2. The first-order valence-electron chi connectivity index (χ1n) is 53.0. The highest BCUT2D eigenvalue weighted by molar-refractivity contribution is 7.45. The van der Waals surface area contributed by atoms with Crippen molar-refractivity contribution < 1.29 is 150 Å². The molecule has 0 saturated carbocycles. The van der Waals surface area contributed by atoms with E-state index in [2.05, 4.69) is 18.5 Å². The molecule has 0 aromatic carbocycles. The summed E-state index contributed by atoms with van der Waals surface area (Å²) in [6.45, 7) is -30.4. The van der Waals surface area contributed by atoms with E-state index in [0.717, 1.165) is 0 Å². The van der Waals surface area contributed by atoms with Gasteiger partial charge in [-0.15, -0.1) is 0 Å². The van der Waals surface area contributed by atoms with E-state index in [1.54, 1.807) is 0 Å². The third-order valence-electron chi connectivity index (χ3n) is 3.85. The normalized spacial score (nSPS) is 44.9. The molecule has 0 fully saturated rings. The molecular weight excluding hydrogens is 701 g/mol. The summed E-state index contributed by atoms with van der Waals surface area (Å²) in [7, 11) is -6.72. The van der Waals surface area contributed by atoms with E-state index in [-0.39, 0.29) is 0 Å². The molecule has 0 bridgehead atoms. The van der Waals surface area contributed by atoms with Crippen molar-refractivity contribution in [3.8, 4) is 0 Å². The van der Waals surface area contributed by atoms with Crippen molar-refractivity contribution in [3.05, 3.63) is 0 Å². The SMILES string of the molecule is [2H]C([2H])([2H])C([2H])([2H])C([2H])([2H])C([2H])([2H])C([2H])([2H])C([2H])([2H])C([2H])([2H])C([2H])([2H])C([2H])([2H])C([2H])([2H])C([2H])([2H])C([2H])([2H])C([2H])([2H])C([2H])([2H])C([2H])([2H])C([2H])([2H])C([2H])([2H])C(=O)OC[C@H](COP(=O)([O-])OCC[N+](C([2H])([2H])[2H])(C([2H])([2H])[2H])C([2H])([2H])[2H])OC(=O)C([2H])([2H])C([2H])([2H])C([2H])([2H])C([2H])([2H])C([2H])([2H])C([2H])([2H])C([2H])([2H])C([2H])([2H])C([2H])([2H])C([2H])([2H])C([2H])([2H])C([2H])([2H])C([2H])([2H])C([2H])([2H])C([2H])([2H])C([2H])([2H])C([2H])([2H])[2H]. The Morgan fingerprint density at radius 2 is 0.926 bits per heavy atom. The van der Waals surface area contributed by atoms with Gasteiger partial charge in [-0.1, -0.05) is 192 Å². The van der Waals surface area contributed by atoms with Gasteiger partial charge >= 0.3 is 11.9 Å². The van der Waals surface area contributed by atoms with Gasteiger partial charge in [0.05, 0.1) is 39.9 Å². The summed E-state index contributed by atoms with van der Waals surface area (Å²) in [6.07, 6.45) is -178. The van der Waals surface area contributed by atoms with E-state index < -0.39 is 295 Å². The maximum Gasteiger partial charge on any atom is 0.306 e. The van der Waals surface area contributed by atoms with Crippen molar-refractivity contribution in [3.63, 3.8) is 0 Å². The van der Waals surface area contributed by atoms with Crippen molar-refractivity contribution in [2.75, 3.05) is 47.3 Å². The summed E-state index contributed by atoms with van der Waals surface area (Å²) in [6, 6.07) is 0. The van der Waals surface area contributed by atoms with Gasteiger partial charge in [-0.2, -0.15) is 0 Å². The van der Waals surface area contributed by atoms with E-state index in [0.29, 0.717) is 0 Å². The minimum absolute atomic E-state index is 1.99. The average molecular weight is 870 g/mol. The largest absolute Gasteiger partial charge is 0.756 e. The molecule has 0 heterocycles. The van der Waals surface area contributed by atoms with E-state index in [1.807, 2.05) is 0 Å². The quantitative estimate of drug-likeness (QED) is 0.0339. The first kappa shape index (κ1) is 8.35. The molecule has 0 aliphatic carbocycles. The predicted molar refractivity (Wildman–Crippen MR) is 222 cm³/mol. The molecule has 54 heavy (non-hydrogen) atoms. The Balaban J connectivity index is 8.80. The van der Waals surface area contributed by atoms with E-state index in [4.69, 9.17) is 108 Å². The second kappa shape index (κ2) is 37.6. The van der Waals surface area contributed by atoms with E-state index in [1.165, 1.54) is 0 Å². The molecule has 10 heteroatoms. The number of phosphoric ester groups is 1. The second-order valence-corrected chi connectivity index (χ2v) is 9.15. The number of esters is 2. The minimum Gasteiger partial charge on any atom is -0.756 e. The zero-order valence-electron chi connectivity index (χ0n) is 106. The van der Waals surface area contributed by atoms with E-state index >= 15 is 0 Å². The van der Waals surface area contributed by atoms with Crippen molar-refractivity contribution in [2.45, 2.75) is 224 Å². The number of nitrogens with zero attached hydrogens (tertiary/aromatic N) is 1. The molecule has 0 rings (SSSR count). The number of hydrogen-bond acceptors (Lipinski definition) is 8.